The Morgan fingerprint density at radius 3 is 2.78 bits per heavy atom. The van der Waals surface area contributed by atoms with Crippen LogP contribution >= 0.6 is 0 Å². The lowest BCUT2D eigenvalue weighted by atomic mass is 9.97. The molecular formula is C20H25N3O4. The van der Waals surface area contributed by atoms with Crippen LogP contribution < -0.4 is 10.6 Å². The van der Waals surface area contributed by atoms with Crippen LogP contribution in [0.3, 0.4) is 0 Å². The zero-order chi connectivity index (χ0) is 19.4. The van der Waals surface area contributed by atoms with Gasteiger partial charge in [-0.2, -0.15) is 0 Å². The lowest BCUT2D eigenvalue weighted by Gasteiger charge is -2.25. The van der Waals surface area contributed by atoms with Crippen molar-refractivity contribution in [1.82, 2.24) is 15.6 Å². The minimum atomic E-state index is -1.01. The van der Waals surface area contributed by atoms with Crippen LogP contribution in [0, 0.1) is 5.92 Å². The Morgan fingerprint density at radius 2 is 2.07 bits per heavy atom. The molecule has 1 saturated heterocycles. The van der Waals surface area contributed by atoms with Crippen LogP contribution in [0.15, 0.2) is 36.4 Å². The van der Waals surface area contributed by atoms with Crippen molar-refractivity contribution in [1.29, 1.82) is 0 Å². The van der Waals surface area contributed by atoms with Gasteiger partial charge in [0.2, 0.25) is 5.91 Å². The first-order valence-electron chi connectivity index (χ1n) is 9.26. The molecule has 1 aromatic carbocycles. The lowest BCUT2D eigenvalue weighted by molar-refractivity contribution is -0.128. The molecule has 1 aromatic heterocycles. The molecule has 0 spiro atoms. The average molecular weight is 371 g/mol. The molecule has 2 amide bonds. The summed E-state index contributed by atoms with van der Waals surface area (Å²) in [5.74, 6) is -0.800. The van der Waals surface area contributed by atoms with E-state index < -0.39 is 24.3 Å². The maximum absolute atomic E-state index is 12.7. The minimum absolute atomic E-state index is 0.0751. The largest absolute Gasteiger partial charge is 0.366 e. The van der Waals surface area contributed by atoms with Gasteiger partial charge in [-0.05, 0) is 24.5 Å². The lowest BCUT2D eigenvalue weighted by Crippen LogP contribution is -2.54. The van der Waals surface area contributed by atoms with Crippen molar-refractivity contribution < 1.29 is 19.4 Å². The van der Waals surface area contributed by atoms with Crippen LogP contribution in [-0.2, 0) is 9.53 Å². The molecule has 0 saturated carbocycles. The molecule has 2 aromatic rings. The summed E-state index contributed by atoms with van der Waals surface area (Å²) < 4.78 is 5.07. The third-order valence-corrected chi connectivity index (χ3v) is 5.00. The van der Waals surface area contributed by atoms with Gasteiger partial charge in [-0.1, -0.05) is 44.5 Å². The quantitative estimate of drug-likeness (QED) is 0.716. The Labute approximate surface area is 158 Å². The summed E-state index contributed by atoms with van der Waals surface area (Å²) in [4.78, 5) is 29.8. The van der Waals surface area contributed by atoms with Crippen LogP contribution in [-0.4, -0.2) is 46.9 Å². The fraction of sp³-hybridized carbons (Fsp3) is 0.450. The summed E-state index contributed by atoms with van der Waals surface area (Å²) in [7, 11) is 0. The van der Waals surface area contributed by atoms with Gasteiger partial charge in [0.05, 0.1) is 18.2 Å². The zero-order valence-electron chi connectivity index (χ0n) is 15.5. The maximum atomic E-state index is 12.7. The van der Waals surface area contributed by atoms with E-state index in [1.807, 2.05) is 44.2 Å². The van der Waals surface area contributed by atoms with Crippen LogP contribution in [0.1, 0.15) is 37.2 Å². The van der Waals surface area contributed by atoms with Gasteiger partial charge in [0.25, 0.3) is 5.91 Å². The number of nitrogens with zero attached hydrogens (tertiary/aromatic N) is 1. The second-order valence-electron chi connectivity index (χ2n) is 6.89. The fourth-order valence-corrected chi connectivity index (χ4v) is 3.10. The van der Waals surface area contributed by atoms with Crippen molar-refractivity contribution in [2.45, 2.75) is 45.1 Å². The number of fused-ring (bicyclic) bond motifs is 1. The highest BCUT2D eigenvalue weighted by Gasteiger charge is 2.32. The highest BCUT2D eigenvalue weighted by atomic mass is 16.6. The molecule has 7 nitrogen and oxygen atoms in total. The van der Waals surface area contributed by atoms with E-state index in [2.05, 4.69) is 15.6 Å². The van der Waals surface area contributed by atoms with Gasteiger partial charge in [0, 0.05) is 5.39 Å². The molecule has 1 aliphatic heterocycles. The highest BCUT2D eigenvalue weighted by molar-refractivity contribution is 5.98. The summed E-state index contributed by atoms with van der Waals surface area (Å²) >= 11 is 0. The third kappa shape index (κ3) is 4.43. The number of carbonyl (C=O) groups excluding carboxylic acids is 2. The normalized spacial score (nSPS) is 21.6. The molecule has 0 bridgehead atoms. The second-order valence-corrected chi connectivity index (χ2v) is 6.89. The summed E-state index contributed by atoms with van der Waals surface area (Å²) in [6.45, 7) is 4.26. The van der Waals surface area contributed by atoms with E-state index in [1.165, 1.54) is 0 Å². The number of aliphatic hydroxyl groups is 1. The van der Waals surface area contributed by atoms with Gasteiger partial charge >= 0.3 is 0 Å². The SMILES string of the molecule is CC[C@H](C)[C@H](NC(=O)c1ccc2ccccc2n1)C(=O)N[C@H]1CCOC1O. The van der Waals surface area contributed by atoms with Crippen LogP contribution in [0.5, 0.6) is 0 Å². The third-order valence-electron chi connectivity index (χ3n) is 5.00. The molecular weight excluding hydrogens is 346 g/mol. The molecule has 4 atom stereocenters. The van der Waals surface area contributed by atoms with E-state index in [-0.39, 0.29) is 17.5 Å². The summed E-state index contributed by atoms with van der Waals surface area (Å²) in [6.07, 6.45) is 0.248. The number of nitrogens with one attached hydrogen (secondary N) is 2. The molecule has 3 rings (SSSR count). The molecule has 7 heteroatoms. The molecule has 1 aliphatic rings. The summed E-state index contributed by atoms with van der Waals surface area (Å²) in [5, 5.41) is 16.3. The van der Waals surface area contributed by atoms with Crippen molar-refractivity contribution in [3.63, 3.8) is 0 Å². The molecule has 1 fully saturated rings. The predicted octanol–water partition coefficient (Wildman–Crippen LogP) is 1.60. The Kier molecular flexibility index (Phi) is 6.03. The van der Waals surface area contributed by atoms with Gasteiger partial charge in [-0.25, -0.2) is 4.98 Å². The van der Waals surface area contributed by atoms with Gasteiger partial charge < -0.3 is 20.5 Å². The summed E-state index contributed by atoms with van der Waals surface area (Å²) in [5.41, 5.74) is 0.986. The van der Waals surface area contributed by atoms with E-state index in [0.717, 1.165) is 10.9 Å². The van der Waals surface area contributed by atoms with Gasteiger partial charge in [0.15, 0.2) is 6.29 Å². The molecule has 0 aliphatic carbocycles. The molecule has 27 heavy (non-hydrogen) atoms. The van der Waals surface area contributed by atoms with Gasteiger partial charge in [-0.15, -0.1) is 0 Å². The average Bonchev–Trinajstić information content (AvgIpc) is 3.09. The van der Waals surface area contributed by atoms with E-state index in [1.54, 1.807) is 6.07 Å². The standard InChI is InChI=1S/C20H25N3O4/c1-3-12(2)17(19(25)22-16-10-11-27-20(16)26)23-18(24)15-9-8-13-6-4-5-7-14(13)21-15/h4-9,12,16-17,20,26H,3,10-11H2,1-2H3,(H,22,25)(H,23,24)/t12-,16-,17-,20?/m0/s1. The minimum Gasteiger partial charge on any atom is -0.366 e. The number of amides is 2. The van der Waals surface area contributed by atoms with Crippen molar-refractivity contribution in [3.8, 4) is 0 Å². The van der Waals surface area contributed by atoms with Crippen LogP contribution in [0.25, 0.3) is 10.9 Å². The van der Waals surface area contributed by atoms with E-state index >= 15 is 0 Å². The number of carbonyl (C=O) groups is 2. The Morgan fingerprint density at radius 1 is 1.30 bits per heavy atom. The second kappa shape index (κ2) is 8.45. The van der Waals surface area contributed by atoms with Crippen molar-refractivity contribution in [3.05, 3.63) is 42.1 Å². The molecule has 2 heterocycles. The first-order valence-corrected chi connectivity index (χ1v) is 9.26. The molecule has 1 unspecified atom stereocenters. The van der Waals surface area contributed by atoms with Crippen LogP contribution in [0.4, 0.5) is 0 Å². The number of hydrogen-bond donors (Lipinski definition) is 3. The number of aliphatic hydroxyl groups excluding tert-OH is 1. The number of para-hydroxylation sites is 1. The molecule has 144 valence electrons. The van der Waals surface area contributed by atoms with Crippen LogP contribution in [0.2, 0.25) is 0 Å². The van der Waals surface area contributed by atoms with Crippen molar-refractivity contribution in [2.75, 3.05) is 6.61 Å². The van der Waals surface area contributed by atoms with E-state index in [4.69, 9.17) is 4.74 Å². The number of aromatic nitrogens is 1. The number of rotatable bonds is 6. The topological polar surface area (TPSA) is 101 Å². The molecule has 3 N–H and O–H groups in total. The summed E-state index contributed by atoms with van der Waals surface area (Å²) in [6, 6.07) is 9.85. The number of benzene rings is 1. The van der Waals surface area contributed by atoms with E-state index in [9.17, 15) is 14.7 Å². The van der Waals surface area contributed by atoms with Crippen molar-refractivity contribution >= 4 is 22.7 Å². The van der Waals surface area contributed by atoms with Crippen molar-refractivity contribution in [2.24, 2.45) is 5.92 Å². The first-order chi connectivity index (χ1) is 13.0. The predicted molar refractivity (Wildman–Crippen MR) is 101 cm³/mol. The zero-order valence-corrected chi connectivity index (χ0v) is 15.5. The highest BCUT2D eigenvalue weighted by Crippen LogP contribution is 2.15. The van der Waals surface area contributed by atoms with E-state index in [0.29, 0.717) is 19.4 Å². The first kappa shape index (κ1) is 19.3. The maximum Gasteiger partial charge on any atom is 0.270 e. The number of ether oxygens (including phenoxy) is 1. The van der Waals surface area contributed by atoms with Gasteiger partial charge in [-0.3, -0.25) is 9.59 Å². The Bertz CT molecular complexity index is 826. The monoisotopic (exact) mass is 371 g/mol. The number of pyridine rings is 1. The fourth-order valence-electron chi connectivity index (χ4n) is 3.10. The van der Waals surface area contributed by atoms with Gasteiger partial charge in [0.1, 0.15) is 11.7 Å². The molecule has 0 radical (unpaired) electrons. The Balaban J connectivity index is 1.74. The Hall–Kier alpha value is -2.51. The smallest absolute Gasteiger partial charge is 0.270 e. The number of hydrogen-bond acceptors (Lipinski definition) is 5.